The molecular formula is C13H9FN2O3. The van der Waals surface area contributed by atoms with Crippen LogP contribution in [-0.2, 0) is 0 Å². The molecule has 0 bridgehead atoms. The Balaban J connectivity index is 2.23. The molecule has 5 nitrogen and oxygen atoms in total. The SMILES string of the molecule is O=C(Nc1ccc(F)c(C(=O)O)c1)c1ccncc1. The van der Waals surface area contributed by atoms with Crippen molar-refractivity contribution in [3.63, 3.8) is 0 Å². The number of nitrogens with one attached hydrogen (secondary N) is 1. The number of rotatable bonds is 3. The molecule has 0 radical (unpaired) electrons. The van der Waals surface area contributed by atoms with Crippen molar-refractivity contribution in [1.29, 1.82) is 0 Å². The first kappa shape index (κ1) is 12.7. The summed E-state index contributed by atoms with van der Waals surface area (Å²) < 4.78 is 13.2. The van der Waals surface area contributed by atoms with E-state index in [4.69, 9.17) is 5.11 Å². The zero-order valence-electron chi connectivity index (χ0n) is 9.63. The van der Waals surface area contributed by atoms with Gasteiger partial charge >= 0.3 is 5.97 Å². The number of carboxylic acids is 1. The van der Waals surface area contributed by atoms with E-state index >= 15 is 0 Å². The minimum Gasteiger partial charge on any atom is -0.478 e. The molecule has 0 spiro atoms. The second-order valence-corrected chi connectivity index (χ2v) is 3.69. The van der Waals surface area contributed by atoms with Gasteiger partial charge in [-0.2, -0.15) is 0 Å². The Hall–Kier alpha value is -2.76. The fourth-order valence-electron chi connectivity index (χ4n) is 1.47. The van der Waals surface area contributed by atoms with Crippen molar-refractivity contribution in [3.8, 4) is 0 Å². The van der Waals surface area contributed by atoms with Crippen molar-refractivity contribution in [1.82, 2.24) is 4.98 Å². The lowest BCUT2D eigenvalue weighted by Gasteiger charge is -2.06. The average molecular weight is 260 g/mol. The standard InChI is InChI=1S/C13H9FN2O3/c14-11-2-1-9(7-10(11)13(18)19)16-12(17)8-3-5-15-6-4-8/h1-7H,(H,16,17)(H,18,19). The summed E-state index contributed by atoms with van der Waals surface area (Å²) in [7, 11) is 0. The number of pyridine rings is 1. The molecule has 19 heavy (non-hydrogen) atoms. The van der Waals surface area contributed by atoms with Crippen molar-refractivity contribution >= 4 is 17.6 Å². The normalized spacial score (nSPS) is 9.95. The number of carbonyl (C=O) groups is 2. The van der Waals surface area contributed by atoms with E-state index in [0.29, 0.717) is 5.56 Å². The zero-order chi connectivity index (χ0) is 13.8. The van der Waals surface area contributed by atoms with Gasteiger partial charge in [0.25, 0.3) is 5.91 Å². The first-order valence-corrected chi connectivity index (χ1v) is 5.32. The minimum atomic E-state index is -1.39. The number of halogens is 1. The third kappa shape index (κ3) is 2.92. The molecule has 0 fully saturated rings. The van der Waals surface area contributed by atoms with Crippen LogP contribution in [0.1, 0.15) is 20.7 Å². The third-order valence-corrected chi connectivity index (χ3v) is 2.40. The van der Waals surface area contributed by atoms with Gasteiger partial charge in [0.1, 0.15) is 5.82 Å². The molecule has 2 N–H and O–H groups in total. The highest BCUT2D eigenvalue weighted by atomic mass is 19.1. The molecule has 0 saturated carbocycles. The maximum atomic E-state index is 13.2. The molecule has 0 aliphatic carbocycles. The summed E-state index contributed by atoms with van der Waals surface area (Å²) >= 11 is 0. The maximum Gasteiger partial charge on any atom is 0.338 e. The summed E-state index contributed by atoms with van der Waals surface area (Å²) in [5.41, 5.74) is 0.0874. The molecule has 1 heterocycles. The van der Waals surface area contributed by atoms with Gasteiger partial charge in [-0.05, 0) is 30.3 Å². The summed E-state index contributed by atoms with van der Waals surface area (Å²) in [5.74, 6) is -2.67. The van der Waals surface area contributed by atoms with Crippen LogP contribution in [0.15, 0.2) is 42.7 Å². The topological polar surface area (TPSA) is 79.3 Å². The highest BCUT2D eigenvalue weighted by molar-refractivity contribution is 6.04. The van der Waals surface area contributed by atoms with Crippen LogP contribution in [0.3, 0.4) is 0 Å². The second kappa shape index (κ2) is 5.26. The van der Waals surface area contributed by atoms with Crippen LogP contribution in [0.5, 0.6) is 0 Å². The Kier molecular flexibility index (Phi) is 3.51. The predicted molar refractivity (Wildman–Crippen MR) is 65.5 cm³/mol. The maximum absolute atomic E-state index is 13.2. The van der Waals surface area contributed by atoms with Crippen molar-refractivity contribution in [2.24, 2.45) is 0 Å². The van der Waals surface area contributed by atoms with Crippen molar-refractivity contribution in [2.45, 2.75) is 0 Å². The molecular weight excluding hydrogens is 251 g/mol. The molecule has 0 aliphatic heterocycles. The Bertz CT molecular complexity index is 629. The number of hydrogen-bond acceptors (Lipinski definition) is 3. The average Bonchev–Trinajstić information content (AvgIpc) is 2.41. The summed E-state index contributed by atoms with van der Waals surface area (Å²) in [6.07, 6.45) is 2.92. The van der Waals surface area contributed by atoms with Crippen LogP contribution in [0.2, 0.25) is 0 Å². The molecule has 0 unspecified atom stereocenters. The molecule has 1 aromatic carbocycles. The van der Waals surface area contributed by atoms with Gasteiger partial charge in [0.05, 0.1) is 5.56 Å². The van der Waals surface area contributed by atoms with E-state index in [0.717, 1.165) is 12.1 Å². The monoisotopic (exact) mass is 260 g/mol. The van der Waals surface area contributed by atoms with E-state index in [9.17, 15) is 14.0 Å². The van der Waals surface area contributed by atoms with Gasteiger partial charge in [0.2, 0.25) is 0 Å². The number of aromatic carboxylic acids is 1. The number of anilines is 1. The van der Waals surface area contributed by atoms with E-state index in [1.165, 1.54) is 30.6 Å². The fourth-order valence-corrected chi connectivity index (χ4v) is 1.47. The van der Waals surface area contributed by atoms with Gasteiger partial charge in [-0.15, -0.1) is 0 Å². The first-order valence-electron chi connectivity index (χ1n) is 5.32. The lowest BCUT2D eigenvalue weighted by Crippen LogP contribution is -2.12. The largest absolute Gasteiger partial charge is 0.478 e. The van der Waals surface area contributed by atoms with Gasteiger partial charge in [-0.3, -0.25) is 9.78 Å². The van der Waals surface area contributed by atoms with Crippen LogP contribution in [0.4, 0.5) is 10.1 Å². The molecule has 6 heteroatoms. The molecule has 0 saturated heterocycles. The van der Waals surface area contributed by atoms with Crippen LogP contribution >= 0.6 is 0 Å². The lowest BCUT2D eigenvalue weighted by atomic mass is 10.1. The lowest BCUT2D eigenvalue weighted by molar-refractivity contribution is 0.0691. The van der Waals surface area contributed by atoms with E-state index in [1.807, 2.05) is 0 Å². The van der Waals surface area contributed by atoms with Gasteiger partial charge in [-0.1, -0.05) is 0 Å². The third-order valence-electron chi connectivity index (χ3n) is 2.40. The van der Waals surface area contributed by atoms with Crippen LogP contribution < -0.4 is 5.32 Å². The Labute approximate surface area is 107 Å². The molecule has 2 rings (SSSR count). The van der Waals surface area contributed by atoms with Gasteiger partial charge < -0.3 is 10.4 Å². The zero-order valence-corrected chi connectivity index (χ0v) is 9.63. The number of benzene rings is 1. The van der Waals surface area contributed by atoms with E-state index < -0.39 is 23.3 Å². The van der Waals surface area contributed by atoms with E-state index in [-0.39, 0.29) is 5.69 Å². The summed E-state index contributed by atoms with van der Waals surface area (Å²) in [5, 5.41) is 11.3. The minimum absolute atomic E-state index is 0.209. The van der Waals surface area contributed by atoms with Crippen LogP contribution in [-0.4, -0.2) is 22.0 Å². The van der Waals surface area contributed by atoms with Crippen LogP contribution in [0, 0.1) is 5.82 Å². The highest BCUT2D eigenvalue weighted by Gasteiger charge is 2.12. The number of carbonyl (C=O) groups excluding carboxylic acids is 1. The van der Waals surface area contributed by atoms with Crippen LogP contribution in [0.25, 0.3) is 0 Å². The summed E-state index contributed by atoms with van der Waals surface area (Å²) in [4.78, 5) is 26.3. The number of nitrogens with zero attached hydrogens (tertiary/aromatic N) is 1. The van der Waals surface area contributed by atoms with E-state index in [2.05, 4.69) is 10.3 Å². The molecule has 1 amide bonds. The smallest absolute Gasteiger partial charge is 0.338 e. The van der Waals surface area contributed by atoms with Gasteiger partial charge in [-0.25, -0.2) is 9.18 Å². The van der Waals surface area contributed by atoms with Gasteiger partial charge in [0, 0.05) is 23.6 Å². The first-order chi connectivity index (χ1) is 9.08. The van der Waals surface area contributed by atoms with E-state index in [1.54, 1.807) is 0 Å². The second-order valence-electron chi connectivity index (χ2n) is 3.69. The Morgan fingerprint density at radius 2 is 1.84 bits per heavy atom. The number of aromatic nitrogens is 1. The van der Waals surface area contributed by atoms with Crippen molar-refractivity contribution < 1.29 is 19.1 Å². The number of carboxylic acid groups (broad SMARTS) is 1. The molecule has 0 aliphatic rings. The molecule has 1 aromatic heterocycles. The van der Waals surface area contributed by atoms with Crippen molar-refractivity contribution in [3.05, 3.63) is 59.7 Å². The molecule has 2 aromatic rings. The Morgan fingerprint density at radius 1 is 1.16 bits per heavy atom. The highest BCUT2D eigenvalue weighted by Crippen LogP contribution is 2.15. The number of hydrogen-bond donors (Lipinski definition) is 2. The molecule has 96 valence electrons. The predicted octanol–water partition coefficient (Wildman–Crippen LogP) is 2.17. The van der Waals surface area contributed by atoms with Crippen molar-refractivity contribution in [2.75, 3.05) is 5.32 Å². The number of amides is 1. The van der Waals surface area contributed by atoms with Gasteiger partial charge in [0.15, 0.2) is 0 Å². The molecule has 0 atom stereocenters. The fraction of sp³-hybridized carbons (Fsp3) is 0. The quantitative estimate of drug-likeness (QED) is 0.886. The summed E-state index contributed by atoms with van der Waals surface area (Å²) in [6.45, 7) is 0. The Morgan fingerprint density at radius 3 is 2.47 bits per heavy atom. The summed E-state index contributed by atoms with van der Waals surface area (Å²) in [6, 6.07) is 6.37.